The standard InChI is InChI=1S/C14H22O2/c1-10(2)9-16-14-6-11(3)5-13(7-14)12(4)8-15/h5-7,10,12,15H,8-9H2,1-4H3. The van der Waals surface area contributed by atoms with Crippen molar-refractivity contribution in [2.24, 2.45) is 5.92 Å². The van der Waals surface area contributed by atoms with Crippen LogP contribution < -0.4 is 4.74 Å². The van der Waals surface area contributed by atoms with Gasteiger partial charge in [0.05, 0.1) is 6.61 Å². The maximum absolute atomic E-state index is 9.15. The first-order valence-electron chi connectivity index (χ1n) is 5.88. The third-order valence-electron chi connectivity index (χ3n) is 2.50. The Balaban J connectivity index is 2.81. The fraction of sp³-hybridized carbons (Fsp3) is 0.571. The Labute approximate surface area is 98.3 Å². The molecule has 0 aliphatic rings. The van der Waals surface area contributed by atoms with Crippen LogP contribution in [0.25, 0.3) is 0 Å². The first-order chi connectivity index (χ1) is 7.52. The topological polar surface area (TPSA) is 29.5 Å². The normalized spacial score (nSPS) is 12.9. The number of benzene rings is 1. The number of hydrogen-bond acceptors (Lipinski definition) is 2. The molecule has 16 heavy (non-hydrogen) atoms. The lowest BCUT2D eigenvalue weighted by Crippen LogP contribution is -2.06. The first-order valence-corrected chi connectivity index (χ1v) is 5.88. The summed E-state index contributed by atoms with van der Waals surface area (Å²) in [5.74, 6) is 1.60. The van der Waals surface area contributed by atoms with E-state index in [0.29, 0.717) is 5.92 Å². The number of hydrogen-bond donors (Lipinski definition) is 1. The Morgan fingerprint density at radius 1 is 1.19 bits per heavy atom. The van der Waals surface area contributed by atoms with E-state index < -0.39 is 0 Å². The van der Waals surface area contributed by atoms with Gasteiger partial charge in [-0.25, -0.2) is 0 Å². The molecule has 0 amide bonds. The Bertz CT molecular complexity index is 332. The van der Waals surface area contributed by atoms with Gasteiger partial charge in [-0.15, -0.1) is 0 Å². The second-order valence-electron chi connectivity index (χ2n) is 4.87. The van der Waals surface area contributed by atoms with E-state index >= 15 is 0 Å². The average Bonchev–Trinajstić information content (AvgIpc) is 2.24. The summed E-state index contributed by atoms with van der Waals surface area (Å²) in [6.45, 7) is 9.24. The summed E-state index contributed by atoms with van der Waals surface area (Å²) in [5, 5.41) is 9.15. The second-order valence-corrected chi connectivity index (χ2v) is 4.87. The zero-order valence-electron chi connectivity index (χ0n) is 10.7. The smallest absolute Gasteiger partial charge is 0.119 e. The molecule has 90 valence electrons. The van der Waals surface area contributed by atoms with Crippen LogP contribution in [0.1, 0.15) is 37.8 Å². The third-order valence-corrected chi connectivity index (χ3v) is 2.50. The lowest BCUT2D eigenvalue weighted by Gasteiger charge is -2.14. The molecule has 1 N–H and O–H groups in total. The van der Waals surface area contributed by atoms with Crippen molar-refractivity contribution in [3.05, 3.63) is 29.3 Å². The van der Waals surface area contributed by atoms with Crippen LogP contribution in [0, 0.1) is 12.8 Å². The van der Waals surface area contributed by atoms with Crippen molar-refractivity contribution < 1.29 is 9.84 Å². The minimum Gasteiger partial charge on any atom is -0.493 e. The molecule has 0 aromatic heterocycles. The summed E-state index contributed by atoms with van der Waals surface area (Å²) in [7, 11) is 0. The van der Waals surface area contributed by atoms with Crippen molar-refractivity contribution in [1.29, 1.82) is 0 Å². The minimum atomic E-state index is 0.168. The van der Waals surface area contributed by atoms with E-state index in [1.165, 1.54) is 5.56 Å². The van der Waals surface area contributed by atoms with Crippen molar-refractivity contribution in [2.75, 3.05) is 13.2 Å². The SMILES string of the molecule is Cc1cc(OCC(C)C)cc(C(C)CO)c1. The molecule has 2 heteroatoms. The molecule has 0 saturated carbocycles. The fourth-order valence-corrected chi connectivity index (χ4v) is 1.51. The van der Waals surface area contributed by atoms with Gasteiger partial charge in [-0.05, 0) is 36.1 Å². The summed E-state index contributed by atoms with van der Waals surface area (Å²) >= 11 is 0. The zero-order chi connectivity index (χ0) is 12.1. The van der Waals surface area contributed by atoms with Crippen molar-refractivity contribution >= 4 is 0 Å². The Morgan fingerprint density at radius 3 is 2.44 bits per heavy atom. The van der Waals surface area contributed by atoms with Crippen LogP contribution >= 0.6 is 0 Å². The van der Waals surface area contributed by atoms with Gasteiger partial charge in [0.2, 0.25) is 0 Å². The van der Waals surface area contributed by atoms with Crippen LogP contribution in [0.3, 0.4) is 0 Å². The average molecular weight is 222 g/mol. The fourth-order valence-electron chi connectivity index (χ4n) is 1.51. The highest BCUT2D eigenvalue weighted by Crippen LogP contribution is 2.23. The number of aliphatic hydroxyl groups excluding tert-OH is 1. The molecule has 0 spiro atoms. The predicted molar refractivity (Wildman–Crippen MR) is 67.0 cm³/mol. The van der Waals surface area contributed by atoms with Gasteiger partial charge in [0.1, 0.15) is 5.75 Å². The summed E-state index contributed by atoms with van der Waals surface area (Å²) in [6, 6.07) is 6.16. The first kappa shape index (κ1) is 13.0. The van der Waals surface area contributed by atoms with Crippen LogP contribution in [0.5, 0.6) is 5.75 Å². The van der Waals surface area contributed by atoms with Gasteiger partial charge < -0.3 is 9.84 Å². The van der Waals surface area contributed by atoms with Crippen molar-refractivity contribution in [3.8, 4) is 5.75 Å². The highest BCUT2D eigenvalue weighted by Gasteiger charge is 2.07. The van der Waals surface area contributed by atoms with Crippen molar-refractivity contribution in [3.63, 3.8) is 0 Å². The maximum Gasteiger partial charge on any atom is 0.119 e. The van der Waals surface area contributed by atoms with Gasteiger partial charge >= 0.3 is 0 Å². The molecular formula is C14H22O2. The molecule has 2 nitrogen and oxygen atoms in total. The van der Waals surface area contributed by atoms with Crippen LogP contribution in [0.4, 0.5) is 0 Å². The van der Waals surface area contributed by atoms with Crippen molar-refractivity contribution in [2.45, 2.75) is 33.6 Å². The number of ether oxygens (including phenoxy) is 1. The third kappa shape index (κ3) is 3.86. The monoisotopic (exact) mass is 222 g/mol. The van der Waals surface area contributed by atoms with E-state index in [1.807, 2.05) is 19.1 Å². The number of aliphatic hydroxyl groups is 1. The molecule has 1 unspecified atom stereocenters. The van der Waals surface area contributed by atoms with E-state index in [-0.39, 0.29) is 12.5 Å². The van der Waals surface area contributed by atoms with E-state index in [9.17, 15) is 0 Å². The molecule has 0 radical (unpaired) electrons. The lowest BCUT2D eigenvalue weighted by atomic mass is 10.00. The largest absolute Gasteiger partial charge is 0.493 e. The molecule has 1 aromatic rings. The number of aryl methyl sites for hydroxylation is 1. The molecule has 0 aliphatic carbocycles. The predicted octanol–water partition coefficient (Wildman–Crippen LogP) is 3.13. The maximum atomic E-state index is 9.15. The zero-order valence-corrected chi connectivity index (χ0v) is 10.7. The van der Waals surface area contributed by atoms with E-state index in [1.54, 1.807) is 0 Å². The van der Waals surface area contributed by atoms with E-state index in [2.05, 4.69) is 26.8 Å². The highest BCUT2D eigenvalue weighted by atomic mass is 16.5. The molecule has 1 atom stereocenters. The van der Waals surface area contributed by atoms with Crippen LogP contribution in [-0.2, 0) is 0 Å². The summed E-state index contributed by atoms with van der Waals surface area (Å²) < 4.78 is 5.70. The molecule has 0 heterocycles. The summed E-state index contributed by atoms with van der Waals surface area (Å²) in [4.78, 5) is 0. The lowest BCUT2D eigenvalue weighted by molar-refractivity contribution is 0.266. The summed E-state index contributed by atoms with van der Waals surface area (Å²) in [5.41, 5.74) is 2.32. The minimum absolute atomic E-state index is 0.168. The van der Waals surface area contributed by atoms with E-state index in [0.717, 1.165) is 17.9 Å². The Kier molecular flexibility index (Phi) is 4.81. The van der Waals surface area contributed by atoms with Gasteiger partial charge in [-0.2, -0.15) is 0 Å². The van der Waals surface area contributed by atoms with Gasteiger partial charge in [0.25, 0.3) is 0 Å². The molecule has 0 saturated heterocycles. The molecule has 1 aromatic carbocycles. The quantitative estimate of drug-likeness (QED) is 0.829. The van der Waals surface area contributed by atoms with Gasteiger partial charge in [-0.3, -0.25) is 0 Å². The Morgan fingerprint density at radius 2 is 1.88 bits per heavy atom. The molecular weight excluding hydrogens is 200 g/mol. The van der Waals surface area contributed by atoms with E-state index in [4.69, 9.17) is 9.84 Å². The van der Waals surface area contributed by atoms with Gasteiger partial charge in [0.15, 0.2) is 0 Å². The van der Waals surface area contributed by atoms with Crippen molar-refractivity contribution in [1.82, 2.24) is 0 Å². The van der Waals surface area contributed by atoms with Crippen LogP contribution in [0.2, 0.25) is 0 Å². The molecule has 1 rings (SSSR count). The summed E-state index contributed by atoms with van der Waals surface area (Å²) in [6.07, 6.45) is 0. The Hall–Kier alpha value is -1.02. The van der Waals surface area contributed by atoms with Crippen LogP contribution in [-0.4, -0.2) is 18.3 Å². The van der Waals surface area contributed by atoms with Gasteiger partial charge in [0, 0.05) is 12.5 Å². The number of rotatable bonds is 5. The second kappa shape index (κ2) is 5.90. The van der Waals surface area contributed by atoms with Crippen LogP contribution in [0.15, 0.2) is 18.2 Å². The molecule has 0 aliphatic heterocycles. The van der Waals surface area contributed by atoms with Gasteiger partial charge in [-0.1, -0.05) is 26.8 Å². The molecule has 0 fully saturated rings. The molecule has 0 bridgehead atoms. The highest BCUT2D eigenvalue weighted by molar-refractivity contribution is 5.35.